The summed E-state index contributed by atoms with van der Waals surface area (Å²) >= 11 is 0. The normalized spacial score (nSPS) is 12.2. The van der Waals surface area contributed by atoms with Gasteiger partial charge >= 0.3 is 0 Å². The average molecular weight is 543 g/mol. The van der Waals surface area contributed by atoms with E-state index >= 15 is 0 Å². The van der Waals surface area contributed by atoms with E-state index in [4.69, 9.17) is 9.40 Å². The molecule has 3 nitrogen and oxygen atoms in total. The summed E-state index contributed by atoms with van der Waals surface area (Å²) in [6.45, 7) is 6.86. The number of furan rings is 1. The molecule has 0 fully saturated rings. The summed E-state index contributed by atoms with van der Waals surface area (Å²) in [6, 6.07) is 45.1. The van der Waals surface area contributed by atoms with E-state index in [1.807, 2.05) is 0 Å². The number of aromatic nitrogens is 2. The Hall–Kier alpha value is -5.15. The van der Waals surface area contributed by atoms with Gasteiger partial charge in [-0.3, -0.25) is 4.57 Å². The predicted octanol–water partition coefficient (Wildman–Crippen LogP) is 10.7. The molecule has 0 saturated carbocycles. The minimum atomic E-state index is -0.0909. The molecule has 202 valence electrons. The largest absolute Gasteiger partial charge is 0.456 e. The second kappa shape index (κ2) is 9.19. The first-order chi connectivity index (χ1) is 20.5. The molecule has 0 radical (unpaired) electrons. The lowest BCUT2D eigenvalue weighted by Crippen LogP contribution is -2.16. The fourth-order valence-corrected chi connectivity index (χ4v) is 6.29. The summed E-state index contributed by atoms with van der Waals surface area (Å²) in [4.78, 5) is 5.23. The summed E-state index contributed by atoms with van der Waals surface area (Å²) in [5, 5.41) is 4.66. The molecule has 0 saturated heterocycles. The van der Waals surface area contributed by atoms with Crippen molar-refractivity contribution in [1.29, 1.82) is 0 Å². The smallest absolute Gasteiger partial charge is 0.145 e. The zero-order chi connectivity index (χ0) is 28.4. The van der Waals surface area contributed by atoms with Crippen molar-refractivity contribution < 1.29 is 4.42 Å². The summed E-state index contributed by atoms with van der Waals surface area (Å²) in [5.41, 5.74) is 9.67. The Bertz CT molecular complexity index is 2280. The highest BCUT2D eigenvalue weighted by Crippen LogP contribution is 2.40. The van der Waals surface area contributed by atoms with E-state index in [1.165, 1.54) is 27.5 Å². The van der Waals surface area contributed by atoms with Crippen LogP contribution in [0.5, 0.6) is 0 Å². The van der Waals surface area contributed by atoms with Crippen molar-refractivity contribution in [3.63, 3.8) is 0 Å². The lowest BCUT2D eigenvalue weighted by atomic mass is 9.84. The fraction of sp³-hybridized carbons (Fsp3) is 0.103. The maximum Gasteiger partial charge on any atom is 0.145 e. The highest BCUT2D eigenvalue weighted by Gasteiger charge is 2.24. The summed E-state index contributed by atoms with van der Waals surface area (Å²) in [6.07, 6.45) is 0. The molecule has 0 unspecified atom stereocenters. The number of fused-ring (bicyclic) bond motifs is 6. The zero-order valence-electron chi connectivity index (χ0n) is 23.9. The van der Waals surface area contributed by atoms with Gasteiger partial charge in [-0.05, 0) is 81.4 Å². The predicted molar refractivity (Wildman–Crippen MR) is 175 cm³/mol. The molecule has 42 heavy (non-hydrogen) atoms. The van der Waals surface area contributed by atoms with Gasteiger partial charge in [-0.1, -0.05) is 99.6 Å². The first kappa shape index (κ1) is 24.6. The third-order valence-electron chi connectivity index (χ3n) is 8.33. The molecule has 2 aromatic heterocycles. The molecular formula is C39H30N2O. The molecule has 0 aliphatic rings. The van der Waals surface area contributed by atoms with Crippen molar-refractivity contribution in [2.75, 3.05) is 0 Å². The Morgan fingerprint density at radius 1 is 0.595 bits per heavy atom. The maximum absolute atomic E-state index is 6.32. The molecule has 0 amide bonds. The molecule has 6 aromatic carbocycles. The summed E-state index contributed by atoms with van der Waals surface area (Å²) in [5.74, 6) is 0.922. The number of benzene rings is 6. The van der Waals surface area contributed by atoms with Crippen LogP contribution in [-0.4, -0.2) is 9.55 Å². The maximum atomic E-state index is 6.32. The average Bonchev–Trinajstić information content (AvgIpc) is 3.59. The molecule has 8 rings (SSSR count). The van der Waals surface area contributed by atoms with Crippen LogP contribution in [0, 0.1) is 0 Å². The van der Waals surface area contributed by atoms with Crippen LogP contribution in [0.15, 0.2) is 132 Å². The van der Waals surface area contributed by atoms with E-state index < -0.39 is 0 Å². The molecular weight excluding hydrogens is 512 g/mol. The van der Waals surface area contributed by atoms with Crippen LogP contribution in [0.4, 0.5) is 0 Å². The van der Waals surface area contributed by atoms with Crippen molar-refractivity contribution in [3.8, 4) is 28.2 Å². The molecule has 0 atom stereocenters. The lowest BCUT2D eigenvalue weighted by Gasteiger charge is -2.25. The van der Waals surface area contributed by atoms with Crippen molar-refractivity contribution in [3.05, 3.63) is 133 Å². The number of hydrogen-bond donors (Lipinski definition) is 0. The van der Waals surface area contributed by atoms with Gasteiger partial charge in [0.1, 0.15) is 17.0 Å². The van der Waals surface area contributed by atoms with Crippen molar-refractivity contribution in [2.24, 2.45) is 0 Å². The fourth-order valence-electron chi connectivity index (χ4n) is 6.29. The zero-order valence-corrected chi connectivity index (χ0v) is 23.9. The Kier molecular flexibility index (Phi) is 5.39. The van der Waals surface area contributed by atoms with E-state index in [2.05, 4.69) is 153 Å². The lowest BCUT2D eigenvalue weighted by molar-refractivity contribution is 0.587. The van der Waals surface area contributed by atoms with Gasteiger partial charge in [-0.25, -0.2) is 4.98 Å². The highest BCUT2D eigenvalue weighted by atomic mass is 16.3. The van der Waals surface area contributed by atoms with Crippen LogP contribution in [0.1, 0.15) is 26.3 Å². The van der Waals surface area contributed by atoms with Crippen molar-refractivity contribution >= 4 is 43.7 Å². The third kappa shape index (κ3) is 3.85. The number of imidazole rings is 1. The van der Waals surface area contributed by atoms with Gasteiger partial charge in [-0.2, -0.15) is 0 Å². The standard InChI is InChI=1S/C39H30N2O/c1-39(2,3)31-24-27(25-11-5-4-6-12-25)17-20-33(31)41-34-16-10-9-15-32(34)40-38(41)28-19-21-35-30(23-28)37-29-14-8-7-13-26(29)18-22-36(37)42-35/h4-24H,1-3H3. The van der Waals surface area contributed by atoms with Gasteiger partial charge in [0, 0.05) is 16.3 Å². The number of hydrogen-bond acceptors (Lipinski definition) is 2. The van der Waals surface area contributed by atoms with Gasteiger partial charge in [0.15, 0.2) is 0 Å². The van der Waals surface area contributed by atoms with Gasteiger partial charge in [-0.15, -0.1) is 0 Å². The van der Waals surface area contributed by atoms with Crippen molar-refractivity contribution in [2.45, 2.75) is 26.2 Å². The molecule has 0 bridgehead atoms. The van der Waals surface area contributed by atoms with Crippen LogP contribution in [0.25, 0.3) is 71.9 Å². The summed E-state index contributed by atoms with van der Waals surface area (Å²) in [7, 11) is 0. The van der Waals surface area contributed by atoms with Gasteiger partial charge < -0.3 is 4.42 Å². The minimum Gasteiger partial charge on any atom is -0.456 e. The first-order valence-electron chi connectivity index (χ1n) is 14.5. The summed E-state index contributed by atoms with van der Waals surface area (Å²) < 4.78 is 8.66. The molecule has 8 aromatic rings. The molecule has 2 heterocycles. The number of nitrogens with zero attached hydrogens (tertiary/aromatic N) is 2. The first-order valence-corrected chi connectivity index (χ1v) is 14.5. The van der Waals surface area contributed by atoms with E-state index in [-0.39, 0.29) is 5.41 Å². The van der Waals surface area contributed by atoms with E-state index in [0.717, 1.165) is 50.0 Å². The topological polar surface area (TPSA) is 31.0 Å². The second-order valence-electron chi connectivity index (χ2n) is 12.1. The van der Waals surface area contributed by atoms with Gasteiger partial charge in [0.05, 0.1) is 16.7 Å². The molecule has 0 aliphatic heterocycles. The minimum absolute atomic E-state index is 0.0909. The molecule has 0 N–H and O–H groups in total. The van der Waals surface area contributed by atoms with Crippen LogP contribution in [0.3, 0.4) is 0 Å². The Balaban J connectivity index is 1.41. The Morgan fingerprint density at radius 3 is 2.19 bits per heavy atom. The number of rotatable bonds is 3. The Labute approximate surface area is 244 Å². The quantitative estimate of drug-likeness (QED) is 0.222. The third-order valence-corrected chi connectivity index (χ3v) is 8.33. The monoisotopic (exact) mass is 542 g/mol. The van der Waals surface area contributed by atoms with E-state index in [1.54, 1.807) is 0 Å². The Morgan fingerprint density at radius 2 is 1.33 bits per heavy atom. The van der Waals surface area contributed by atoms with Crippen LogP contribution in [-0.2, 0) is 5.41 Å². The molecule has 0 spiro atoms. The van der Waals surface area contributed by atoms with Crippen LogP contribution in [0.2, 0.25) is 0 Å². The van der Waals surface area contributed by atoms with Crippen LogP contribution >= 0.6 is 0 Å². The molecule has 3 heteroatoms. The second-order valence-corrected chi connectivity index (χ2v) is 12.1. The SMILES string of the molecule is CC(C)(C)c1cc(-c2ccccc2)ccc1-n1c(-c2ccc3oc4ccc5ccccc5c4c3c2)nc2ccccc21. The van der Waals surface area contributed by atoms with Gasteiger partial charge in [0.25, 0.3) is 0 Å². The van der Waals surface area contributed by atoms with Crippen LogP contribution < -0.4 is 0 Å². The highest BCUT2D eigenvalue weighted by molar-refractivity contribution is 6.19. The van der Waals surface area contributed by atoms with Gasteiger partial charge in [0.2, 0.25) is 0 Å². The molecule has 0 aliphatic carbocycles. The van der Waals surface area contributed by atoms with E-state index in [9.17, 15) is 0 Å². The number of para-hydroxylation sites is 2. The van der Waals surface area contributed by atoms with Crippen molar-refractivity contribution in [1.82, 2.24) is 9.55 Å². The van der Waals surface area contributed by atoms with E-state index in [0.29, 0.717) is 0 Å².